The molecule has 0 bridgehead atoms. The minimum atomic E-state index is 1.04. The highest BCUT2D eigenvalue weighted by Gasteiger charge is 2.02. The van der Waals surface area contributed by atoms with Gasteiger partial charge < -0.3 is 0 Å². The van der Waals surface area contributed by atoms with Gasteiger partial charge in [0.1, 0.15) is 0 Å². The number of aryl methyl sites for hydroxylation is 2. The Balaban J connectivity index is 2.22. The van der Waals surface area contributed by atoms with Crippen LogP contribution >= 0.6 is 0 Å². The van der Waals surface area contributed by atoms with Crippen molar-refractivity contribution in [3.63, 3.8) is 0 Å². The molecule has 0 amide bonds. The summed E-state index contributed by atoms with van der Waals surface area (Å²) in [7, 11) is 0. The van der Waals surface area contributed by atoms with Crippen molar-refractivity contribution in [3.05, 3.63) is 11.9 Å². The summed E-state index contributed by atoms with van der Waals surface area (Å²) in [5, 5.41) is 8.16. The fourth-order valence-corrected chi connectivity index (χ4v) is 1.88. The highest BCUT2D eigenvalue weighted by atomic mass is 15.4. The molecule has 3 nitrogen and oxygen atoms in total. The van der Waals surface area contributed by atoms with Crippen molar-refractivity contribution in [1.82, 2.24) is 15.0 Å². The van der Waals surface area contributed by atoms with Crippen LogP contribution in [0.4, 0.5) is 0 Å². The first-order chi connectivity index (χ1) is 7.88. The lowest BCUT2D eigenvalue weighted by Gasteiger charge is -2.05. The van der Waals surface area contributed by atoms with Gasteiger partial charge in [0.05, 0.1) is 11.9 Å². The normalized spacial score (nSPS) is 10.9. The van der Waals surface area contributed by atoms with Gasteiger partial charge in [0, 0.05) is 6.54 Å². The number of aromatic nitrogens is 3. The predicted molar refractivity (Wildman–Crippen MR) is 67.4 cm³/mol. The molecule has 0 unspecified atom stereocenters. The molecule has 0 saturated carbocycles. The van der Waals surface area contributed by atoms with E-state index in [0.29, 0.717) is 0 Å². The van der Waals surface area contributed by atoms with E-state index in [-0.39, 0.29) is 0 Å². The molecular weight excluding hydrogens is 198 g/mol. The molecule has 1 rings (SSSR count). The van der Waals surface area contributed by atoms with E-state index in [0.717, 1.165) is 13.0 Å². The predicted octanol–water partition coefficient (Wildman–Crippen LogP) is 3.59. The van der Waals surface area contributed by atoms with Gasteiger partial charge in [-0.15, -0.1) is 5.10 Å². The molecule has 0 fully saturated rings. The topological polar surface area (TPSA) is 30.7 Å². The Labute approximate surface area is 99.2 Å². The number of hydrogen-bond acceptors (Lipinski definition) is 2. The van der Waals surface area contributed by atoms with Gasteiger partial charge >= 0.3 is 0 Å². The van der Waals surface area contributed by atoms with Crippen molar-refractivity contribution in [2.75, 3.05) is 0 Å². The molecule has 1 aromatic heterocycles. The summed E-state index contributed by atoms with van der Waals surface area (Å²) in [6.45, 7) is 5.52. The Morgan fingerprint density at radius 1 is 1.00 bits per heavy atom. The number of unbranched alkanes of at least 4 members (excludes halogenated alkanes) is 5. The molecule has 16 heavy (non-hydrogen) atoms. The summed E-state index contributed by atoms with van der Waals surface area (Å²) < 4.78 is 2.08. The maximum absolute atomic E-state index is 4.15. The van der Waals surface area contributed by atoms with E-state index < -0.39 is 0 Å². The Hall–Kier alpha value is -0.860. The maximum Gasteiger partial charge on any atom is 0.0725 e. The van der Waals surface area contributed by atoms with Crippen molar-refractivity contribution in [2.45, 2.75) is 71.8 Å². The van der Waals surface area contributed by atoms with Crippen LogP contribution in [0.3, 0.4) is 0 Å². The monoisotopic (exact) mass is 223 g/mol. The van der Waals surface area contributed by atoms with Crippen molar-refractivity contribution < 1.29 is 0 Å². The summed E-state index contributed by atoms with van der Waals surface area (Å²) >= 11 is 0. The highest BCUT2D eigenvalue weighted by molar-refractivity contribution is 4.93. The molecule has 0 aromatic carbocycles. The molecule has 0 aliphatic carbocycles. The van der Waals surface area contributed by atoms with Gasteiger partial charge in [-0.25, -0.2) is 4.68 Å². The van der Waals surface area contributed by atoms with Crippen LogP contribution in [-0.2, 0) is 13.0 Å². The van der Waals surface area contributed by atoms with Gasteiger partial charge in [-0.2, -0.15) is 0 Å². The van der Waals surface area contributed by atoms with Crippen LogP contribution in [0.1, 0.15) is 64.5 Å². The molecule has 1 heterocycles. The quantitative estimate of drug-likeness (QED) is 0.599. The zero-order valence-corrected chi connectivity index (χ0v) is 10.8. The minimum Gasteiger partial charge on any atom is -0.249 e. The zero-order chi connectivity index (χ0) is 11.6. The van der Waals surface area contributed by atoms with Crippen molar-refractivity contribution in [3.8, 4) is 0 Å². The largest absolute Gasteiger partial charge is 0.249 e. The second-order valence-electron chi connectivity index (χ2n) is 4.47. The molecule has 0 radical (unpaired) electrons. The fraction of sp³-hybridized carbons (Fsp3) is 0.846. The third kappa shape index (κ3) is 4.77. The molecule has 0 aliphatic heterocycles. The standard InChI is InChI=1S/C13H25N3/c1-3-5-7-8-9-11-16-13(10-6-4-2)12-14-15-16/h12H,3-11H2,1-2H3. The van der Waals surface area contributed by atoms with E-state index in [9.17, 15) is 0 Å². The van der Waals surface area contributed by atoms with E-state index in [1.807, 2.05) is 6.20 Å². The molecule has 0 aliphatic rings. The third-order valence-electron chi connectivity index (χ3n) is 2.96. The molecule has 0 atom stereocenters. The smallest absolute Gasteiger partial charge is 0.0725 e. The van der Waals surface area contributed by atoms with Crippen LogP contribution in [0.15, 0.2) is 6.20 Å². The van der Waals surface area contributed by atoms with E-state index >= 15 is 0 Å². The molecule has 0 N–H and O–H groups in total. The van der Waals surface area contributed by atoms with Gasteiger partial charge in [-0.1, -0.05) is 51.2 Å². The SMILES string of the molecule is CCCCCCCn1nncc1CCCC. The van der Waals surface area contributed by atoms with Gasteiger partial charge in [-0.3, -0.25) is 0 Å². The summed E-state index contributed by atoms with van der Waals surface area (Å²) in [6, 6.07) is 0. The number of hydrogen-bond donors (Lipinski definition) is 0. The average Bonchev–Trinajstić information content (AvgIpc) is 2.74. The summed E-state index contributed by atoms with van der Waals surface area (Å²) in [5.74, 6) is 0. The summed E-state index contributed by atoms with van der Waals surface area (Å²) in [5.41, 5.74) is 1.30. The summed E-state index contributed by atoms with van der Waals surface area (Å²) in [4.78, 5) is 0. The molecule has 92 valence electrons. The highest BCUT2D eigenvalue weighted by Crippen LogP contribution is 2.07. The van der Waals surface area contributed by atoms with Gasteiger partial charge in [0.25, 0.3) is 0 Å². The van der Waals surface area contributed by atoms with Crippen LogP contribution in [0.2, 0.25) is 0 Å². The van der Waals surface area contributed by atoms with Crippen LogP contribution in [0, 0.1) is 0 Å². The molecule has 0 saturated heterocycles. The van der Waals surface area contributed by atoms with Gasteiger partial charge in [0.2, 0.25) is 0 Å². The van der Waals surface area contributed by atoms with E-state index in [1.54, 1.807) is 0 Å². The zero-order valence-electron chi connectivity index (χ0n) is 10.8. The average molecular weight is 223 g/mol. The fourth-order valence-electron chi connectivity index (χ4n) is 1.88. The lowest BCUT2D eigenvalue weighted by Crippen LogP contribution is -2.05. The molecular formula is C13H25N3. The van der Waals surface area contributed by atoms with Crippen LogP contribution in [0.25, 0.3) is 0 Å². The first-order valence-electron chi connectivity index (χ1n) is 6.75. The van der Waals surface area contributed by atoms with Crippen LogP contribution in [-0.4, -0.2) is 15.0 Å². The number of nitrogens with zero attached hydrogens (tertiary/aromatic N) is 3. The first-order valence-corrected chi connectivity index (χ1v) is 6.75. The second-order valence-corrected chi connectivity index (χ2v) is 4.47. The van der Waals surface area contributed by atoms with Crippen molar-refractivity contribution in [1.29, 1.82) is 0 Å². The van der Waals surface area contributed by atoms with E-state index in [2.05, 4.69) is 28.8 Å². The van der Waals surface area contributed by atoms with Crippen LogP contribution in [0.5, 0.6) is 0 Å². The Morgan fingerprint density at radius 2 is 1.75 bits per heavy atom. The molecule has 3 heteroatoms. The lowest BCUT2D eigenvalue weighted by molar-refractivity contribution is 0.503. The molecule has 0 spiro atoms. The Bertz CT molecular complexity index is 268. The van der Waals surface area contributed by atoms with Gasteiger partial charge in [-0.05, 0) is 19.3 Å². The molecule has 1 aromatic rings. The first kappa shape index (κ1) is 13.2. The number of rotatable bonds is 9. The van der Waals surface area contributed by atoms with Crippen molar-refractivity contribution >= 4 is 0 Å². The van der Waals surface area contributed by atoms with E-state index in [1.165, 1.54) is 50.6 Å². The Morgan fingerprint density at radius 3 is 2.50 bits per heavy atom. The minimum absolute atomic E-state index is 1.04. The second kappa shape index (κ2) is 8.31. The van der Waals surface area contributed by atoms with Crippen molar-refractivity contribution in [2.24, 2.45) is 0 Å². The third-order valence-corrected chi connectivity index (χ3v) is 2.96. The van der Waals surface area contributed by atoms with Gasteiger partial charge in [0.15, 0.2) is 0 Å². The lowest BCUT2D eigenvalue weighted by atomic mass is 10.1. The van der Waals surface area contributed by atoms with E-state index in [4.69, 9.17) is 0 Å². The summed E-state index contributed by atoms with van der Waals surface area (Å²) in [6.07, 6.45) is 12.1. The Kier molecular flexibility index (Phi) is 6.86. The van der Waals surface area contributed by atoms with Crippen LogP contribution < -0.4 is 0 Å². The maximum atomic E-state index is 4.15.